The van der Waals surface area contributed by atoms with Gasteiger partial charge in [0.2, 0.25) is 5.13 Å². The van der Waals surface area contributed by atoms with E-state index in [-0.39, 0.29) is 5.56 Å². The van der Waals surface area contributed by atoms with Gasteiger partial charge in [0.15, 0.2) is 0 Å². The number of thiazole rings is 1. The lowest BCUT2D eigenvalue weighted by molar-refractivity contribution is 0.829. The van der Waals surface area contributed by atoms with E-state index in [4.69, 9.17) is 11.6 Å². The number of aryl methyl sites for hydroxylation is 1. The summed E-state index contributed by atoms with van der Waals surface area (Å²) >= 11 is 7.38. The lowest BCUT2D eigenvalue weighted by Crippen LogP contribution is -2.19. The van der Waals surface area contributed by atoms with E-state index in [2.05, 4.69) is 15.1 Å². The molecule has 0 fully saturated rings. The van der Waals surface area contributed by atoms with E-state index < -0.39 is 0 Å². The SMILES string of the molecule is CC(=Nc1ccc(Cl)cc1)c1c(C)[nH]n(-c2nc3ccccc3s2)c1=O. The predicted molar refractivity (Wildman–Crippen MR) is 108 cm³/mol. The van der Waals surface area contributed by atoms with Gasteiger partial charge in [0.05, 0.1) is 27.2 Å². The molecule has 0 atom stereocenters. The van der Waals surface area contributed by atoms with Crippen LogP contribution in [0.2, 0.25) is 5.02 Å². The van der Waals surface area contributed by atoms with Crippen molar-refractivity contribution in [3.05, 3.63) is 75.2 Å². The first-order chi connectivity index (χ1) is 12.5. The number of H-pyrrole nitrogens is 1. The Labute approximate surface area is 158 Å². The first-order valence-corrected chi connectivity index (χ1v) is 9.21. The van der Waals surface area contributed by atoms with E-state index in [1.165, 1.54) is 16.0 Å². The van der Waals surface area contributed by atoms with Crippen LogP contribution in [0.4, 0.5) is 5.69 Å². The molecule has 0 aliphatic heterocycles. The van der Waals surface area contributed by atoms with Crippen LogP contribution in [0.1, 0.15) is 18.2 Å². The Balaban J connectivity index is 1.79. The Morgan fingerprint density at radius 3 is 2.65 bits per heavy atom. The molecule has 0 saturated carbocycles. The molecule has 0 bridgehead atoms. The molecule has 0 radical (unpaired) electrons. The Hall–Kier alpha value is -2.70. The molecule has 2 aromatic carbocycles. The fourth-order valence-corrected chi connectivity index (χ4v) is 3.88. The molecule has 2 heterocycles. The molecule has 4 aromatic rings. The van der Waals surface area contributed by atoms with Gasteiger partial charge in [0.1, 0.15) is 0 Å². The lowest BCUT2D eigenvalue weighted by Gasteiger charge is -1.99. The monoisotopic (exact) mass is 382 g/mol. The average molecular weight is 383 g/mol. The summed E-state index contributed by atoms with van der Waals surface area (Å²) in [4.78, 5) is 22.0. The Kier molecular flexibility index (Phi) is 4.22. The molecule has 4 rings (SSSR count). The van der Waals surface area contributed by atoms with Crippen molar-refractivity contribution in [2.75, 3.05) is 0 Å². The maximum absolute atomic E-state index is 12.9. The van der Waals surface area contributed by atoms with Crippen LogP contribution in [-0.2, 0) is 0 Å². The van der Waals surface area contributed by atoms with E-state index in [1.807, 2.05) is 50.2 Å². The summed E-state index contributed by atoms with van der Waals surface area (Å²) in [6.45, 7) is 3.69. The number of halogens is 1. The summed E-state index contributed by atoms with van der Waals surface area (Å²) in [7, 11) is 0. The molecule has 0 saturated heterocycles. The third-order valence-corrected chi connectivity index (χ3v) is 5.30. The van der Waals surface area contributed by atoms with Crippen LogP contribution in [0, 0.1) is 6.92 Å². The zero-order valence-electron chi connectivity index (χ0n) is 14.2. The van der Waals surface area contributed by atoms with Crippen molar-refractivity contribution in [1.82, 2.24) is 14.8 Å². The van der Waals surface area contributed by atoms with Crippen LogP contribution >= 0.6 is 22.9 Å². The van der Waals surface area contributed by atoms with Gasteiger partial charge in [0.25, 0.3) is 5.56 Å². The highest BCUT2D eigenvalue weighted by molar-refractivity contribution is 7.20. The number of rotatable bonds is 3. The molecule has 0 aliphatic carbocycles. The van der Waals surface area contributed by atoms with E-state index >= 15 is 0 Å². The zero-order valence-corrected chi connectivity index (χ0v) is 15.7. The minimum atomic E-state index is -0.156. The highest BCUT2D eigenvalue weighted by atomic mass is 35.5. The topological polar surface area (TPSA) is 63.0 Å². The van der Waals surface area contributed by atoms with Gasteiger partial charge < -0.3 is 0 Å². The minimum Gasteiger partial charge on any atom is -0.293 e. The molecule has 5 nitrogen and oxygen atoms in total. The van der Waals surface area contributed by atoms with Gasteiger partial charge in [-0.3, -0.25) is 14.9 Å². The number of para-hydroxylation sites is 1. The first-order valence-electron chi connectivity index (χ1n) is 8.02. The predicted octanol–water partition coefficient (Wildman–Crippen LogP) is 4.88. The molecule has 1 N–H and O–H groups in total. The fraction of sp³-hybridized carbons (Fsp3) is 0.105. The van der Waals surface area contributed by atoms with E-state index in [1.54, 1.807) is 12.1 Å². The van der Waals surface area contributed by atoms with Crippen molar-refractivity contribution in [3.8, 4) is 5.13 Å². The Morgan fingerprint density at radius 1 is 1.19 bits per heavy atom. The van der Waals surface area contributed by atoms with Crippen molar-refractivity contribution in [3.63, 3.8) is 0 Å². The molecule has 7 heteroatoms. The van der Waals surface area contributed by atoms with Crippen LogP contribution in [0.3, 0.4) is 0 Å². The van der Waals surface area contributed by atoms with Crippen LogP contribution in [-0.4, -0.2) is 20.5 Å². The third kappa shape index (κ3) is 2.98. The molecular formula is C19H15ClN4OS. The van der Waals surface area contributed by atoms with Crippen LogP contribution < -0.4 is 5.56 Å². The summed E-state index contributed by atoms with van der Waals surface area (Å²) in [6, 6.07) is 15.0. The van der Waals surface area contributed by atoms with E-state index in [9.17, 15) is 4.79 Å². The summed E-state index contributed by atoms with van der Waals surface area (Å²) in [5, 5.41) is 4.38. The Morgan fingerprint density at radius 2 is 1.92 bits per heavy atom. The second-order valence-corrected chi connectivity index (χ2v) is 7.34. The molecule has 2 aromatic heterocycles. The van der Waals surface area contributed by atoms with Crippen LogP contribution in [0.25, 0.3) is 15.3 Å². The van der Waals surface area contributed by atoms with Gasteiger partial charge in [-0.1, -0.05) is 35.1 Å². The zero-order chi connectivity index (χ0) is 18.3. The third-order valence-electron chi connectivity index (χ3n) is 4.03. The molecule has 0 spiro atoms. The van der Waals surface area contributed by atoms with Crippen LogP contribution in [0.15, 0.2) is 58.3 Å². The lowest BCUT2D eigenvalue weighted by atomic mass is 10.2. The highest BCUT2D eigenvalue weighted by Gasteiger charge is 2.17. The smallest absolute Gasteiger partial charge is 0.282 e. The highest BCUT2D eigenvalue weighted by Crippen LogP contribution is 2.24. The number of aromatic nitrogens is 3. The van der Waals surface area contributed by atoms with Gasteiger partial charge in [0, 0.05) is 10.7 Å². The number of aromatic amines is 1. The number of aliphatic imine (C=N–C) groups is 1. The second kappa shape index (κ2) is 6.55. The van der Waals surface area contributed by atoms with Crippen molar-refractivity contribution in [1.29, 1.82) is 0 Å². The Bertz CT molecular complexity index is 1150. The molecule has 26 heavy (non-hydrogen) atoms. The molecule has 0 aliphatic rings. The quantitative estimate of drug-likeness (QED) is 0.513. The first kappa shape index (κ1) is 16.8. The number of hydrogen-bond acceptors (Lipinski definition) is 4. The maximum Gasteiger partial charge on any atom is 0.282 e. The number of hydrogen-bond donors (Lipinski definition) is 1. The summed E-state index contributed by atoms with van der Waals surface area (Å²) in [6.07, 6.45) is 0. The molecule has 0 unspecified atom stereocenters. The molecule has 0 amide bonds. The minimum absolute atomic E-state index is 0.156. The van der Waals surface area contributed by atoms with E-state index in [0.717, 1.165) is 21.6 Å². The number of nitrogens with zero attached hydrogens (tertiary/aromatic N) is 3. The van der Waals surface area contributed by atoms with Gasteiger partial charge in [-0.05, 0) is 50.2 Å². The second-order valence-electron chi connectivity index (χ2n) is 5.89. The average Bonchev–Trinajstić information content (AvgIpc) is 3.17. The number of fused-ring (bicyclic) bond motifs is 1. The molecular weight excluding hydrogens is 368 g/mol. The standard InChI is InChI=1S/C19H15ClN4OS/c1-11(21-14-9-7-13(20)8-10-14)17-12(2)23-24(18(17)25)19-22-15-5-3-4-6-16(15)26-19/h3-10,23H,1-2H3. The fourth-order valence-electron chi connectivity index (χ4n) is 2.83. The summed E-state index contributed by atoms with van der Waals surface area (Å²) < 4.78 is 2.52. The number of benzene rings is 2. The summed E-state index contributed by atoms with van der Waals surface area (Å²) in [5.41, 5.74) is 3.42. The van der Waals surface area contributed by atoms with Crippen molar-refractivity contribution in [2.24, 2.45) is 4.99 Å². The van der Waals surface area contributed by atoms with Gasteiger partial charge in [-0.2, -0.15) is 4.68 Å². The molecule has 130 valence electrons. The van der Waals surface area contributed by atoms with Gasteiger partial charge in [-0.15, -0.1) is 0 Å². The van der Waals surface area contributed by atoms with Gasteiger partial charge in [-0.25, -0.2) is 4.98 Å². The largest absolute Gasteiger partial charge is 0.293 e. The maximum atomic E-state index is 12.9. The summed E-state index contributed by atoms with van der Waals surface area (Å²) in [5.74, 6) is 0. The van der Waals surface area contributed by atoms with E-state index in [0.29, 0.717) is 21.4 Å². The van der Waals surface area contributed by atoms with Crippen LogP contribution in [0.5, 0.6) is 0 Å². The van der Waals surface area contributed by atoms with Crippen molar-refractivity contribution < 1.29 is 0 Å². The normalized spacial score (nSPS) is 12.0. The van der Waals surface area contributed by atoms with Gasteiger partial charge >= 0.3 is 0 Å². The van der Waals surface area contributed by atoms with Crippen molar-refractivity contribution >= 4 is 44.6 Å². The number of nitrogens with one attached hydrogen (secondary N) is 1. The van der Waals surface area contributed by atoms with Crippen molar-refractivity contribution in [2.45, 2.75) is 13.8 Å².